The largest absolute Gasteiger partial charge is 0.274 e. The van der Waals surface area contributed by atoms with Crippen molar-refractivity contribution in [3.8, 4) is 11.1 Å². The number of carbonyl (C=O) groups is 1. The van der Waals surface area contributed by atoms with Crippen LogP contribution in [0.1, 0.15) is 74.3 Å². The summed E-state index contributed by atoms with van der Waals surface area (Å²) in [5.41, 5.74) is 8.82. The molecule has 9 heteroatoms. The molecule has 0 radical (unpaired) electrons. The van der Waals surface area contributed by atoms with Gasteiger partial charge in [-0.05, 0) is 42.5 Å². The molecule has 0 fully saturated rings. The molecule has 1 atom stereocenters. The Hall–Kier alpha value is -3.59. The van der Waals surface area contributed by atoms with Crippen LogP contribution in [0.15, 0.2) is 58.4 Å². The molecular weight excluding hydrogens is 544 g/mol. The van der Waals surface area contributed by atoms with Crippen molar-refractivity contribution in [3.05, 3.63) is 87.1 Å². The summed E-state index contributed by atoms with van der Waals surface area (Å²) in [5.74, 6) is 1.13. The van der Waals surface area contributed by atoms with Crippen molar-refractivity contribution in [2.75, 3.05) is 0 Å². The van der Waals surface area contributed by atoms with Gasteiger partial charge in [-0.1, -0.05) is 78.7 Å². The minimum atomic E-state index is -0.120. The first-order valence-corrected chi connectivity index (χ1v) is 14.2. The number of nitrogens with zero attached hydrogens (tertiary/aromatic N) is 5. The Morgan fingerprint density at radius 3 is 2.53 bits per heavy atom. The summed E-state index contributed by atoms with van der Waals surface area (Å²) < 4.78 is 3.66. The van der Waals surface area contributed by atoms with Gasteiger partial charge in [0.05, 0.1) is 23.2 Å². The van der Waals surface area contributed by atoms with Crippen LogP contribution < -0.4 is 11.0 Å². The molecule has 0 aliphatic carbocycles. The molecule has 1 unspecified atom stereocenters. The van der Waals surface area contributed by atoms with Gasteiger partial charge in [-0.25, -0.2) is 9.94 Å². The molecule has 1 amide bonds. The van der Waals surface area contributed by atoms with Gasteiger partial charge in [-0.2, -0.15) is 10.1 Å². The van der Waals surface area contributed by atoms with Crippen LogP contribution in [0.2, 0.25) is 0 Å². The molecule has 0 saturated heterocycles. The summed E-state index contributed by atoms with van der Waals surface area (Å²) in [6.07, 6.45) is 3.07. The number of aromatic nitrogens is 4. The summed E-state index contributed by atoms with van der Waals surface area (Å²) in [6.45, 7) is 6.22. The topological polar surface area (TPSA) is 93.6 Å². The van der Waals surface area contributed by atoms with Crippen molar-refractivity contribution < 1.29 is 4.79 Å². The quantitative estimate of drug-likeness (QED) is 0.278. The monoisotopic (exact) mass is 574 g/mol. The van der Waals surface area contributed by atoms with Crippen molar-refractivity contribution in [3.63, 3.8) is 0 Å². The number of carbonyl (C=O) groups excluding carboxylic acids is 1. The fourth-order valence-electron chi connectivity index (χ4n) is 5.01. The number of alkyl halides is 1. The Bertz CT molecular complexity index is 1590. The van der Waals surface area contributed by atoms with Crippen LogP contribution >= 0.6 is 15.9 Å². The third kappa shape index (κ3) is 4.82. The molecule has 1 aliphatic rings. The highest BCUT2D eigenvalue weighted by Crippen LogP contribution is 2.28. The number of fused-ring (bicyclic) bond motifs is 1. The van der Waals surface area contributed by atoms with Crippen LogP contribution in [0.4, 0.5) is 0 Å². The van der Waals surface area contributed by atoms with Crippen LogP contribution in [0, 0.1) is 0 Å². The lowest BCUT2D eigenvalue weighted by molar-refractivity contribution is -0.119. The average molecular weight is 576 g/mol. The van der Waals surface area contributed by atoms with Crippen molar-refractivity contribution in [1.29, 1.82) is 0 Å². The molecule has 2 aromatic heterocycles. The number of benzene rings is 2. The summed E-state index contributed by atoms with van der Waals surface area (Å²) in [4.78, 5) is 30.7. The van der Waals surface area contributed by atoms with Crippen LogP contribution in [0.3, 0.4) is 0 Å². The van der Waals surface area contributed by atoms with E-state index in [1.165, 1.54) is 0 Å². The number of hydrazone groups is 1. The molecule has 8 nitrogen and oxygen atoms in total. The fraction of sp³-hybridized carbons (Fsp3) is 0.345. The Kier molecular flexibility index (Phi) is 7.56. The average Bonchev–Trinajstić information content (AvgIpc) is 3.57. The van der Waals surface area contributed by atoms with Gasteiger partial charge in [-0.3, -0.25) is 14.2 Å². The van der Waals surface area contributed by atoms with E-state index >= 15 is 0 Å². The van der Waals surface area contributed by atoms with Crippen LogP contribution in [0.25, 0.3) is 16.9 Å². The van der Waals surface area contributed by atoms with E-state index < -0.39 is 0 Å². The molecule has 0 bridgehead atoms. The first-order valence-electron chi connectivity index (χ1n) is 13.1. The number of rotatable bonds is 9. The number of hydrogen-bond donors (Lipinski definition) is 1. The maximum absolute atomic E-state index is 14.0. The molecule has 1 N–H and O–H groups in total. The van der Waals surface area contributed by atoms with Gasteiger partial charge in [0, 0.05) is 23.6 Å². The van der Waals surface area contributed by atoms with E-state index in [1.54, 1.807) is 4.57 Å². The van der Waals surface area contributed by atoms with Gasteiger partial charge in [0.25, 0.3) is 5.56 Å². The number of aryl methyl sites for hydroxylation is 1. The summed E-state index contributed by atoms with van der Waals surface area (Å²) in [5, 5.41) is 9.58. The van der Waals surface area contributed by atoms with E-state index in [0.29, 0.717) is 35.5 Å². The summed E-state index contributed by atoms with van der Waals surface area (Å²) in [7, 11) is 0. The zero-order valence-corrected chi connectivity index (χ0v) is 23.5. The van der Waals surface area contributed by atoms with Gasteiger partial charge in [0.2, 0.25) is 11.7 Å². The predicted octanol–water partition coefficient (Wildman–Crippen LogP) is 5.19. The lowest BCUT2D eigenvalue weighted by atomic mass is 9.91. The molecule has 0 saturated carbocycles. The van der Waals surface area contributed by atoms with Crippen molar-refractivity contribution in [2.24, 2.45) is 5.10 Å². The number of nitrogens with one attached hydrogen (secondary N) is 1. The van der Waals surface area contributed by atoms with Crippen molar-refractivity contribution >= 4 is 33.3 Å². The Morgan fingerprint density at radius 2 is 1.87 bits per heavy atom. The molecule has 196 valence electrons. The predicted molar refractivity (Wildman–Crippen MR) is 153 cm³/mol. The van der Waals surface area contributed by atoms with E-state index in [0.717, 1.165) is 46.4 Å². The Morgan fingerprint density at radius 1 is 1.08 bits per heavy atom. The van der Waals surface area contributed by atoms with Crippen molar-refractivity contribution in [2.45, 2.75) is 64.2 Å². The van der Waals surface area contributed by atoms with E-state index in [2.05, 4.69) is 63.5 Å². The second-order valence-electron chi connectivity index (χ2n) is 9.67. The van der Waals surface area contributed by atoms with Gasteiger partial charge in [0.1, 0.15) is 0 Å². The van der Waals surface area contributed by atoms with Gasteiger partial charge < -0.3 is 0 Å². The third-order valence-corrected chi connectivity index (χ3v) is 7.57. The molecule has 0 spiro atoms. The van der Waals surface area contributed by atoms with E-state index in [9.17, 15) is 9.59 Å². The second kappa shape index (κ2) is 11.0. The maximum Gasteiger partial charge on any atom is 0.259 e. The van der Waals surface area contributed by atoms with Gasteiger partial charge >= 0.3 is 0 Å². The summed E-state index contributed by atoms with van der Waals surface area (Å²) >= 11 is 3.47. The molecule has 1 aliphatic heterocycles. The highest BCUT2D eigenvalue weighted by atomic mass is 79.9. The molecule has 4 aromatic rings. The Balaban J connectivity index is 1.68. The van der Waals surface area contributed by atoms with E-state index in [1.807, 2.05) is 41.8 Å². The number of hydrogen-bond acceptors (Lipinski definition) is 5. The smallest absolute Gasteiger partial charge is 0.259 e. The minimum Gasteiger partial charge on any atom is -0.274 e. The number of amides is 1. The lowest BCUT2D eigenvalue weighted by Crippen LogP contribution is -2.31. The summed E-state index contributed by atoms with van der Waals surface area (Å²) in [6, 6.07) is 16.2. The van der Waals surface area contributed by atoms with Crippen LogP contribution in [-0.4, -0.2) is 30.8 Å². The molecular formula is C29H31BrN6O2. The normalized spacial score (nSPS) is 14.1. The molecule has 2 aromatic carbocycles. The maximum atomic E-state index is 14.0. The minimum absolute atomic E-state index is 0.0206. The van der Waals surface area contributed by atoms with Gasteiger partial charge in [0.15, 0.2) is 5.82 Å². The van der Waals surface area contributed by atoms with E-state index in [4.69, 9.17) is 5.10 Å². The first-order chi connectivity index (χ1) is 18.4. The zero-order chi connectivity index (χ0) is 26.8. The molecule has 3 heterocycles. The van der Waals surface area contributed by atoms with Crippen molar-refractivity contribution in [1.82, 2.24) is 24.6 Å². The SMILES string of the molecule is CCCc1c(Cc2ccc(-c3ccccc3)c(C3=NNC(=O)C3)c2)c(=O)n(C(C)CC)c2nc(CBr)nn12. The second-order valence-corrected chi connectivity index (χ2v) is 10.2. The molecule has 5 rings (SSSR count). The zero-order valence-electron chi connectivity index (χ0n) is 21.9. The standard InChI is InChI=1S/C29H31BrN6O2/c1-4-9-25-23(28(38)35(18(3)5-2)29-31-26(17-30)34-36(25)29)15-19-12-13-21(20-10-7-6-8-11-20)22(14-19)24-16-27(37)33-32-24/h6-8,10-14,18H,4-5,9,15-17H2,1-3H3,(H,33,37). The third-order valence-electron chi connectivity index (χ3n) is 7.07. The highest BCUT2D eigenvalue weighted by molar-refractivity contribution is 9.08. The van der Waals surface area contributed by atoms with E-state index in [-0.39, 0.29) is 23.9 Å². The van der Waals surface area contributed by atoms with Crippen LogP contribution in [0.5, 0.6) is 0 Å². The first kappa shape index (κ1) is 26.0. The fourth-order valence-corrected chi connectivity index (χ4v) is 5.25. The Labute approximate surface area is 229 Å². The van der Waals surface area contributed by atoms with Gasteiger partial charge in [-0.15, -0.1) is 5.10 Å². The lowest BCUT2D eigenvalue weighted by Gasteiger charge is -2.19. The molecule has 38 heavy (non-hydrogen) atoms. The van der Waals surface area contributed by atoms with Crippen LogP contribution in [-0.2, 0) is 23.0 Å². The highest BCUT2D eigenvalue weighted by Gasteiger charge is 2.24. The number of halogens is 1.